The van der Waals surface area contributed by atoms with Gasteiger partial charge in [0, 0.05) is 18.0 Å². The van der Waals surface area contributed by atoms with Crippen molar-refractivity contribution in [2.75, 3.05) is 18.5 Å². The van der Waals surface area contributed by atoms with Gasteiger partial charge in [-0.2, -0.15) is 5.10 Å². The lowest BCUT2D eigenvalue weighted by atomic mass is 10.1. The van der Waals surface area contributed by atoms with E-state index in [2.05, 4.69) is 10.3 Å². The van der Waals surface area contributed by atoms with Crippen LogP contribution < -0.4 is 15.8 Å². The number of pyridine rings is 1. The van der Waals surface area contributed by atoms with Crippen LogP contribution in [0.4, 0.5) is 5.69 Å². The molecule has 0 aliphatic carbocycles. The van der Waals surface area contributed by atoms with Gasteiger partial charge in [-0.25, -0.2) is 4.98 Å². The molecule has 7 nitrogen and oxygen atoms in total. The summed E-state index contributed by atoms with van der Waals surface area (Å²) in [7, 11) is 0. The zero-order valence-corrected chi connectivity index (χ0v) is 14.1. The van der Waals surface area contributed by atoms with E-state index in [1.165, 1.54) is 0 Å². The molecular formula is C18H21N5O2. The Morgan fingerprint density at radius 3 is 2.88 bits per heavy atom. The number of rotatable bonds is 8. The van der Waals surface area contributed by atoms with Gasteiger partial charge < -0.3 is 15.8 Å². The highest BCUT2D eigenvalue weighted by Crippen LogP contribution is 2.27. The van der Waals surface area contributed by atoms with Gasteiger partial charge in [0.15, 0.2) is 0 Å². The number of fused-ring (bicyclic) bond motifs is 1. The number of ether oxygens (including phenoxy) is 1. The van der Waals surface area contributed by atoms with Gasteiger partial charge in [0.1, 0.15) is 6.61 Å². The molecule has 1 amide bonds. The lowest BCUT2D eigenvalue weighted by molar-refractivity contribution is -0.105. The van der Waals surface area contributed by atoms with Crippen molar-refractivity contribution in [1.29, 1.82) is 0 Å². The van der Waals surface area contributed by atoms with Crippen LogP contribution in [0.2, 0.25) is 0 Å². The summed E-state index contributed by atoms with van der Waals surface area (Å²) in [5.74, 6) is 0.554. The largest absolute Gasteiger partial charge is 0.476 e. The molecule has 0 aliphatic heterocycles. The second-order valence-corrected chi connectivity index (χ2v) is 5.52. The Morgan fingerprint density at radius 1 is 1.28 bits per heavy atom. The van der Waals surface area contributed by atoms with Gasteiger partial charge in [0.05, 0.1) is 29.1 Å². The Bertz CT molecular complexity index is 875. The predicted octanol–water partition coefficient (Wildman–Crippen LogP) is 1.95. The topological polar surface area (TPSA) is 95.1 Å². The van der Waals surface area contributed by atoms with E-state index in [0.717, 1.165) is 34.4 Å². The number of benzene rings is 1. The van der Waals surface area contributed by atoms with Crippen LogP contribution in [0, 0.1) is 0 Å². The molecule has 25 heavy (non-hydrogen) atoms. The Hall–Kier alpha value is -2.93. The van der Waals surface area contributed by atoms with Gasteiger partial charge >= 0.3 is 0 Å². The third-order valence-electron chi connectivity index (χ3n) is 3.86. The number of nitrogens with zero attached hydrogens (tertiary/aromatic N) is 3. The van der Waals surface area contributed by atoms with Crippen LogP contribution in [0.5, 0.6) is 5.88 Å². The van der Waals surface area contributed by atoms with Crippen LogP contribution in [-0.4, -0.2) is 34.3 Å². The maximum atomic E-state index is 10.9. The quantitative estimate of drug-likeness (QED) is 0.612. The lowest BCUT2D eigenvalue weighted by Crippen LogP contribution is -2.12. The van der Waals surface area contributed by atoms with E-state index in [0.29, 0.717) is 32.0 Å². The monoisotopic (exact) mass is 339 g/mol. The van der Waals surface area contributed by atoms with Crippen molar-refractivity contribution in [2.24, 2.45) is 5.73 Å². The molecule has 0 spiro atoms. The fourth-order valence-electron chi connectivity index (χ4n) is 2.80. The Morgan fingerprint density at radius 2 is 2.12 bits per heavy atom. The molecule has 0 aliphatic rings. The van der Waals surface area contributed by atoms with Gasteiger partial charge in [-0.1, -0.05) is 19.1 Å². The molecule has 0 atom stereocenters. The van der Waals surface area contributed by atoms with Crippen molar-refractivity contribution >= 4 is 23.0 Å². The zero-order valence-electron chi connectivity index (χ0n) is 14.1. The normalized spacial score (nSPS) is 10.8. The van der Waals surface area contributed by atoms with Crippen molar-refractivity contribution < 1.29 is 9.53 Å². The number of amides is 1. The molecule has 2 aromatic heterocycles. The van der Waals surface area contributed by atoms with Crippen LogP contribution in [-0.2, 0) is 17.8 Å². The average Bonchev–Trinajstić information content (AvgIpc) is 2.99. The number of aromatic nitrogens is 3. The summed E-state index contributed by atoms with van der Waals surface area (Å²) in [6.45, 7) is 3.44. The van der Waals surface area contributed by atoms with E-state index >= 15 is 0 Å². The molecule has 3 aromatic rings. The molecule has 0 saturated carbocycles. The van der Waals surface area contributed by atoms with Crippen molar-refractivity contribution in [3.63, 3.8) is 0 Å². The van der Waals surface area contributed by atoms with Crippen molar-refractivity contribution in [3.05, 3.63) is 47.8 Å². The molecule has 0 unspecified atom stereocenters. The molecule has 0 fully saturated rings. The van der Waals surface area contributed by atoms with Gasteiger partial charge in [0.2, 0.25) is 12.3 Å². The standard InChI is InChI=1S/C18H21N5O2/c1-2-14-18-15(20-12-24)6-4-7-16(18)23(22-14)11-13-5-3-8-17(21-13)25-10-9-19/h3-8,12H,2,9-11,19H2,1H3,(H,20,24). The lowest BCUT2D eigenvalue weighted by Gasteiger charge is -2.07. The molecule has 7 heteroatoms. The van der Waals surface area contributed by atoms with Crippen molar-refractivity contribution in [1.82, 2.24) is 14.8 Å². The molecule has 0 radical (unpaired) electrons. The Kier molecular flexibility index (Phi) is 5.25. The number of hydrogen-bond acceptors (Lipinski definition) is 5. The van der Waals surface area contributed by atoms with Gasteiger partial charge in [-0.05, 0) is 24.6 Å². The number of aryl methyl sites for hydroxylation is 1. The molecule has 130 valence electrons. The second-order valence-electron chi connectivity index (χ2n) is 5.52. The Balaban J connectivity index is 1.97. The molecule has 0 bridgehead atoms. The molecule has 3 N–H and O–H groups in total. The smallest absolute Gasteiger partial charge is 0.213 e. The highest BCUT2D eigenvalue weighted by Gasteiger charge is 2.13. The maximum absolute atomic E-state index is 10.9. The number of carbonyl (C=O) groups is 1. The summed E-state index contributed by atoms with van der Waals surface area (Å²) in [6, 6.07) is 11.4. The third-order valence-corrected chi connectivity index (χ3v) is 3.86. The summed E-state index contributed by atoms with van der Waals surface area (Å²) in [6.07, 6.45) is 1.46. The number of anilines is 1. The maximum Gasteiger partial charge on any atom is 0.213 e. The first-order chi connectivity index (χ1) is 12.3. The van der Waals surface area contributed by atoms with Crippen molar-refractivity contribution in [2.45, 2.75) is 19.9 Å². The van der Waals surface area contributed by atoms with Gasteiger partial charge in [-0.3, -0.25) is 9.48 Å². The first kappa shape index (κ1) is 16.9. The minimum Gasteiger partial charge on any atom is -0.476 e. The molecule has 1 aromatic carbocycles. The van der Waals surface area contributed by atoms with Crippen LogP contribution in [0.25, 0.3) is 10.9 Å². The van der Waals surface area contributed by atoms with E-state index in [9.17, 15) is 4.79 Å². The highest BCUT2D eigenvalue weighted by atomic mass is 16.5. The van der Waals surface area contributed by atoms with E-state index < -0.39 is 0 Å². The molecule has 3 rings (SSSR count). The molecule has 2 heterocycles. The molecule has 0 saturated heterocycles. The van der Waals surface area contributed by atoms with E-state index in [1.807, 2.05) is 48.0 Å². The first-order valence-corrected chi connectivity index (χ1v) is 8.24. The second kappa shape index (κ2) is 7.76. The van der Waals surface area contributed by atoms with Crippen molar-refractivity contribution in [3.8, 4) is 5.88 Å². The number of carbonyl (C=O) groups excluding carboxylic acids is 1. The van der Waals surface area contributed by atoms with Crippen LogP contribution in [0.15, 0.2) is 36.4 Å². The Labute approximate surface area is 145 Å². The predicted molar refractivity (Wildman–Crippen MR) is 96.7 cm³/mol. The van der Waals surface area contributed by atoms with E-state index in [4.69, 9.17) is 15.6 Å². The van der Waals surface area contributed by atoms with Crippen LogP contribution >= 0.6 is 0 Å². The summed E-state index contributed by atoms with van der Waals surface area (Å²) in [5, 5.41) is 8.42. The fraction of sp³-hybridized carbons (Fsp3) is 0.278. The molecular weight excluding hydrogens is 318 g/mol. The van der Waals surface area contributed by atoms with Gasteiger partial charge in [0.25, 0.3) is 0 Å². The minimum atomic E-state index is 0.432. The third kappa shape index (κ3) is 3.61. The summed E-state index contributed by atoms with van der Waals surface area (Å²) in [5.41, 5.74) is 8.97. The summed E-state index contributed by atoms with van der Waals surface area (Å²) >= 11 is 0. The summed E-state index contributed by atoms with van der Waals surface area (Å²) < 4.78 is 7.39. The minimum absolute atomic E-state index is 0.432. The van der Waals surface area contributed by atoms with Crippen LogP contribution in [0.1, 0.15) is 18.3 Å². The number of nitrogens with two attached hydrogens (primary N) is 1. The number of nitrogens with one attached hydrogen (secondary N) is 1. The fourth-order valence-corrected chi connectivity index (χ4v) is 2.80. The summed E-state index contributed by atoms with van der Waals surface area (Å²) in [4.78, 5) is 15.4. The van der Waals surface area contributed by atoms with Crippen LogP contribution in [0.3, 0.4) is 0 Å². The SMILES string of the molecule is CCc1nn(Cc2cccc(OCCN)n2)c2cccc(NC=O)c12. The highest BCUT2D eigenvalue weighted by molar-refractivity contribution is 5.97. The van der Waals surface area contributed by atoms with Gasteiger partial charge in [-0.15, -0.1) is 0 Å². The zero-order chi connectivity index (χ0) is 17.6. The van der Waals surface area contributed by atoms with E-state index in [1.54, 1.807) is 0 Å². The average molecular weight is 339 g/mol. The first-order valence-electron chi connectivity index (χ1n) is 8.24. The number of hydrogen-bond donors (Lipinski definition) is 2. The van der Waals surface area contributed by atoms with E-state index in [-0.39, 0.29) is 0 Å².